The number of rotatable bonds is 4. The summed E-state index contributed by atoms with van der Waals surface area (Å²) in [5.41, 5.74) is 2.19. The lowest BCUT2D eigenvalue weighted by molar-refractivity contribution is -0.149. The summed E-state index contributed by atoms with van der Waals surface area (Å²) < 4.78 is 6.46. The maximum absolute atomic E-state index is 10.8. The summed E-state index contributed by atoms with van der Waals surface area (Å²) >= 11 is 3.45. The van der Waals surface area contributed by atoms with Crippen molar-refractivity contribution >= 4 is 27.6 Å². The Labute approximate surface area is 114 Å². The number of benzene rings is 1. The average molecular weight is 314 g/mol. The standard InChI is InChI=1S/C13H16BrNO3/c1-8-4-9(14)6-10(5-8)15-7-11-2-3-12(18-11)13(16)17/h4-6,11-12,15H,2-3,7H2,1H3,(H,16,17). The Morgan fingerprint density at radius 3 is 2.89 bits per heavy atom. The van der Waals surface area contributed by atoms with Crippen LogP contribution in [0.3, 0.4) is 0 Å². The summed E-state index contributed by atoms with van der Waals surface area (Å²) in [4.78, 5) is 10.8. The van der Waals surface area contributed by atoms with E-state index in [1.165, 1.54) is 5.56 Å². The average Bonchev–Trinajstić information content (AvgIpc) is 2.73. The summed E-state index contributed by atoms with van der Waals surface area (Å²) in [6, 6.07) is 6.09. The highest BCUT2D eigenvalue weighted by Crippen LogP contribution is 2.22. The number of halogens is 1. The molecule has 0 bridgehead atoms. The van der Waals surface area contributed by atoms with E-state index in [4.69, 9.17) is 9.84 Å². The molecule has 18 heavy (non-hydrogen) atoms. The van der Waals surface area contributed by atoms with Crippen LogP contribution in [-0.2, 0) is 9.53 Å². The van der Waals surface area contributed by atoms with Gasteiger partial charge in [0.25, 0.3) is 0 Å². The first-order valence-corrected chi connectivity index (χ1v) is 6.73. The van der Waals surface area contributed by atoms with Crippen molar-refractivity contribution in [2.75, 3.05) is 11.9 Å². The van der Waals surface area contributed by atoms with Gasteiger partial charge in [-0.3, -0.25) is 0 Å². The van der Waals surface area contributed by atoms with Gasteiger partial charge >= 0.3 is 5.97 Å². The molecular formula is C13H16BrNO3. The van der Waals surface area contributed by atoms with Crippen LogP contribution < -0.4 is 5.32 Å². The van der Waals surface area contributed by atoms with E-state index in [2.05, 4.69) is 21.2 Å². The Bertz CT molecular complexity index is 430. The molecule has 0 spiro atoms. The number of ether oxygens (including phenoxy) is 1. The fourth-order valence-electron chi connectivity index (χ4n) is 2.11. The highest BCUT2D eigenvalue weighted by molar-refractivity contribution is 9.10. The minimum atomic E-state index is -0.865. The highest BCUT2D eigenvalue weighted by Gasteiger charge is 2.30. The van der Waals surface area contributed by atoms with Gasteiger partial charge in [-0.2, -0.15) is 0 Å². The molecule has 98 valence electrons. The number of aryl methyl sites for hydroxylation is 1. The zero-order valence-corrected chi connectivity index (χ0v) is 11.7. The molecule has 1 aromatic rings. The molecule has 1 aliphatic heterocycles. The van der Waals surface area contributed by atoms with Crippen LogP contribution in [0.1, 0.15) is 18.4 Å². The molecule has 2 atom stereocenters. The van der Waals surface area contributed by atoms with E-state index < -0.39 is 12.1 Å². The number of carboxylic acid groups (broad SMARTS) is 1. The van der Waals surface area contributed by atoms with Crippen LogP contribution in [0.5, 0.6) is 0 Å². The monoisotopic (exact) mass is 313 g/mol. The minimum Gasteiger partial charge on any atom is -0.479 e. The molecule has 1 fully saturated rings. The van der Waals surface area contributed by atoms with Crippen LogP contribution in [0.25, 0.3) is 0 Å². The summed E-state index contributed by atoms with van der Waals surface area (Å²) in [5.74, 6) is -0.865. The zero-order chi connectivity index (χ0) is 13.1. The molecule has 0 aromatic heterocycles. The van der Waals surface area contributed by atoms with E-state index in [1.54, 1.807) is 0 Å². The van der Waals surface area contributed by atoms with Gasteiger partial charge in [-0.1, -0.05) is 15.9 Å². The SMILES string of the molecule is Cc1cc(Br)cc(NCC2CCC(C(=O)O)O2)c1. The molecule has 1 aromatic carbocycles. The minimum absolute atomic E-state index is 0.0228. The summed E-state index contributed by atoms with van der Waals surface area (Å²) in [6.45, 7) is 2.67. The van der Waals surface area contributed by atoms with Crippen molar-refractivity contribution in [3.63, 3.8) is 0 Å². The molecule has 0 saturated carbocycles. The topological polar surface area (TPSA) is 58.6 Å². The molecule has 4 nitrogen and oxygen atoms in total. The number of hydrogen-bond donors (Lipinski definition) is 2. The maximum atomic E-state index is 10.8. The molecule has 1 heterocycles. The number of nitrogens with one attached hydrogen (secondary N) is 1. The van der Waals surface area contributed by atoms with Gasteiger partial charge < -0.3 is 15.2 Å². The predicted octanol–water partition coefficient (Wildman–Crippen LogP) is 2.80. The second-order valence-electron chi connectivity index (χ2n) is 4.56. The number of anilines is 1. The van der Waals surface area contributed by atoms with Crippen molar-refractivity contribution in [1.29, 1.82) is 0 Å². The normalized spacial score (nSPS) is 23.0. The van der Waals surface area contributed by atoms with Crippen molar-refractivity contribution in [3.8, 4) is 0 Å². The Hall–Kier alpha value is -1.07. The number of carboxylic acids is 1. The number of carbonyl (C=O) groups is 1. The molecule has 0 aliphatic carbocycles. The highest BCUT2D eigenvalue weighted by atomic mass is 79.9. The summed E-state index contributed by atoms with van der Waals surface area (Å²) in [7, 11) is 0. The lowest BCUT2D eigenvalue weighted by atomic mass is 10.2. The van der Waals surface area contributed by atoms with Crippen molar-refractivity contribution in [3.05, 3.63) is 28.2 Å². The van der Waals surface area contributed by atoms with Crippen LogP contribution in [0.15, 0.2) is 22.7 Å². The largest absolute Gasteiger partial charge is 0.479 e. The third-order valence-electron chi connectivity index (χ3n) is 2.96. The fourth-order valence-corrected chi connectivity index (χ4v) is 2.72. The van der Waals surface area contributed by atoms with E-state index in [-0.39, 0.29) is 6.10 Å². The van der Waals surface area contributed by atoms with Gasteiger partial charge in [0.1, 0.15) is 0 Å². The Morgan fingerprint density at radius 2 is 2.28 bits per heavy atom. The van der Waals surface area contributed by atoms with Crippen LogP contribution in [0.4, 0.5) is 5.69 Å². The van der Waals surface area contributed by atoms with Crippen LogP contribution >= 0.6 is 15.9 Å². The Balaban J connectivity index is 1.87. The van der Waals surface area contributed by atoms with Crippen molar-refractivity contribution < 1.29 is 14.6 Å². The maximum Gasteiger partial charge on any atom is 0.332 e. The van der Waals surface area contributed by atoms with E-state index in [0.29, 0.717) is 13.0 Å². The third kappa shape index (κ3) is 3.46. The van der Waals surface area contributed by atoms with Crippen molar-refractivity contribution in [2.45, 2.75) is 32.0 Å². The smallest absolute Gasteiger partial charge is 0.332 e. The van der Waals surface area contributed by atoms with Gasteiger partial charge in [-0.25, -0.2) is 4.79 Å². The Kier molecular flexibility index (Phi) is 4.24. The number of hydrogen-bond acceptors (Lipinski definition) is 3. The fraction of sp³-hybridized carbons (Fsp3) is 0.462. The van der Waals surface area contributed by atoms with E-state index in [9.17, 15) is 4.79 Å². The first-order chi connectivity index (χ1) is 8.54. The third-order valence-corrected chi connectivity index (χ3v) is 3.42. The zero-order valence-electron chi connectivity index (χ0n) is 10.1. The Morgan fingerprint density at radius 1 is 1.50 bits per heavy atom. The first-order valence-electron chi connectivity index (χ1n) is 5.94. The van der Waals surface area contributed by atoms with E-state index in [1.807, 2.05) is 25.1 Å². The van der Waals surface area contributed by atoms with Gasteiger partial charge in [0, 0.05) is 16.7 Å². The predicted molar refractivity (Wildman–Crippen MR) is 72.9 cm³/mol. The van der Waals surface area contributed by atoms with Gasteiger partial charge in [-0.15, -0.1) is 0 Å². The van der Waals surface area contributed by atoms with Crippen LogP contribution in [0, 0.1) is 6.92 Å². The molecule has 5 heteroatoms. The molecule has 2 rings (SSSR count). The molecular weight excluding hydrogens is 298 g/mol. The van der Waals surface area contributed by atoms with Gasteiger partial charge in [0.2, 0.25) is 0 Å². The lowest BCUT2D eigenvalue weighted by Gasteiger charge is -2.14. The second-order valence-corrected chi connectivity index (χ2v) is 5.48. The molecule has 1 aliphatic rings. The summed E-state index contributed by atoms with van der Waals surface area (Å²) in [5, 5.41) is 12.1. The van der Waals surface area contributed by atoms with Gasteiger partial charge in [-0.05, 0) is 43.5 Å². The van der Waals surface area contributed by atoms with Crippen LogP contribution in [-0.4, -0.2) is 29.8 Å². The van der Waals surface area contributed by atoms with Crippen molar-refractivity contribution in [2.24, 2.45) is 0 Å². The van der Waals surface area contributed by atoms with Gasteiger partial charge in [0.05, 0.1) is 6.10 Å². The molecule has 2 N–H and O–H groups in total. The molecule has 0 radical (unpaired) electrons. The number of aliphatic carboxylic acids is 1. The van der Waals surface area contributed by atoms with E-state index in [0.717, 1.165) is 16.6 Å². The van der Waals surface area contributed by atoms with E-state index >= 15 is 0 Å². The second kappa shape index (κ2) is 5.71. The van der Waals surface area contributed by atoms with Crippen LogP contribution in [0.2, 0.25) is 0 Å². The molecule has 2 unspecified atom stereocenters. The molecule has 1 saturated heterocycles. The quantitative estimate of drug-likeness (QED) is 0.897. The van der Waals surface area contributed by atoms with Crippen molar-refractivity contribution in [1.82, 2.24) is 0 Å². The first kappa shape index (κ1) is 13.4. The summed E-state index contributed by atoms with van der Waals surface area (Å²) in [6.07, 6.45) is 0.724. The lowest BCUT2D eigenvalue weighted by Crippen LogP contribution is -2.24. The van der Waals surface area contributed by atoms with Gasteiger partial charge in [0.15, 0.2) is 6.10 Å². The molecule has 0 amide bonds.